The number of rotatable bonds is 5. The van der Waals surface area contributed by atoms with Crippen LogP contribution in [0.3, 0.4) is 0 Å². The molecule has 2 aromatic heterocycles. The Bertz CT molecular complexity index is 1010. The van der Waals surface area contributed by atoms with Crippen LogP contribution >= 0.6 is 23.6 Å². The zero-order valence-electron chi connectivity index (χ0n) is 16.2. The Kier molecular flexibility index (Phi) is 6.11. The molecule has 28 heavy (non-hydrogen) atoms. The third-order valence-electron chi connectivity index (χ3n) is 4.41. The molecule has 0 unspecified atom stereocenters. The molecule has 6 nitrogen and oxygen atoms in total. The summed E-state index contributed by atoms with van der Waals surface area (Å²) in [6.45, 7) is 6.77. The first-order chi connectivity index (χ1) is 13.5. The first-order valence-corrected chi connectivity index (χ1v) is 10.1. The highest BCUT2D eigenvalue weighted by Crippen LogP contribution is 2.40. The van der Waals surface area contributed by atoms with E-state index in [0.29, 0.717) is 15.7 Å². The van der Waals surface area contributed by atoms with Crippen LogP contribution in [0.15, 0.2) is 36.5 Å². The number of hydrogen-bond acceptors (Lipinski definition) is 5. The summed E-state index contributed by atoms with van der Waals surface area (Å²) >= 11 is 6.94. The normalized spacial score (nSPS) is 10.6. The molecule has 1 aromatic carbocycles. The second kappa shape index (κ2) is 8.53. The highest BCUT2D eigenvalue weighted by Gasteiger charge is 2.24. The number of anilines is 2. The van der Waals surface area contributed by atoms with Crippen molar-refractivity contribution in [2.45, 2.75) is 27.3 Å². The molecule has 0 fully saturated rings. The van der Waals surface area contributed by atoms with Gasteiger partial charge in [0, 0.05) is 17.0 Å². The van der Waals surface area contributed by atoms with Gasteiger partial charge in [0.2, 0.25) is 0 Å². The molecule has 0 amide bonds. The van der Waals surface area contributed by atoms with E-state index in [1.807, 2.05) is 55.8 Å². The molecule has 2 N–H and O–H groups in total. The standard InChI is InChI=1S/C20H22N4O2S2/c1-5-24-12(2)15(11-21-24)22-20(27)23-18-17(19(25)26-4)16(13(3)28-18)14-9-7-6-8-10-14/h6-11H,5H2,1-4H3,(H2,22,23,27). The first kappa shape index (κ1) is 20.0. The highest BCUT2D eigenvalue weighted by molar-refractivity contribution is 7.80. The summed E-state index contributed by atoms with van der Waals surface area (Å²) in [6.07, 6.45) is 1.74. The van der Waals surface area contributed by atoms with Crippen molar-refractivity contribution in [3.8, 4) is 11.1 Å². The van der Waals surface area contributed by atoms with Crippen molar-refractivity contribution in [1.82, 2.24) is 9.78 Å². The van der Waals surface area contributed by atoms with Gasteiger partial charge in [-0.1, -0.05) is 30.3 Å². The quantitative estimate of drug-likeness (QED) is 0.460. The highest BCUT2D eigenvalue weighted by atomic mass is 32.1. The maximum absolute atomic E-state index is 12.5. The molecule has 0 aliphatic carbocycles. The molecule has 0 saturated carbocycles. The van der Waals surface area contributed by atoms with Crippen LogP contribution in [0.25, 0.3) is 11.1 Å². The molecule has 0 saturated heterocycles. The molecule has 146 valence electrons. The number of nitrogens with zero attached hydrogens (tertiary/aromatic N) is 2. The van der Waals surface area contributed by atoms with Crippen molar-refractivity contribution < 1.29 is 9.53 Å². The van der Waals surface area contributed by atoms with Gasteiger partial charge in [0.1, 0.15) is 10.6 Å². The number of methoxy groups -OCH3 is 1. The van der Waals surface area contributed by atoms with Crippen molar-refractivity contribution in [2.75, 3.05) is 17.7 Å². The number of benzene rings is 1. The van der Waals surface area contributed by atoms with E-state index in [9.17, 15) is 4.79 Å². The van der Waals surface area contributed by atoms with Gasteiger partial charge in [0.05, 0.1) is 24.7 Å². The zero-order valence-corrected chi connectivity index (χ0v) is 17.8. The zero-order chi connectivity index (χ0) is 20.3. The van der Waals surface area contributed by atoms with E-state index < -0.39 is 5.97 Å². The van der Waals surface area contributed by atoms with Gasteiger partial charge in [-0.25, -0.2) is 4.79 Å². The van der Waals surface area contributed by atoms with Gasteiger partial charge < -0.3 is 15.4 Å². The van der Waals surface area contributed by atoms with Crippen LogP contribution in [0.1, 0.15) is 27.9 Å². The molecular weight excluding hydrogens is 392 g/mol. The Labute approximate surface area is 173 Å². The van der Waals surface area contributed by atoms with Gasteiger partial charge in [0.25, 0.3) is 0 Å². The molecule has 0 bridgehead atoms. The summed E-state index contributed by atoms with van der Waals surface area (Å²) in [5.74, 6) is -0.400. The fourth-order valence-corrected chi connectivity index (χ4v) is 4.37. The summed E-state index contributed by atoms with van der Waals surface area (Å²) in [4.78, 5) is 13.6. The fourth-order valence-electron chi connectivity index (χ4n) is 3.03. The van der Waals surface area contributed by atoms with Gasteiger partial charge in [-0.2, -0.15) is 5.10 Å². The van der Waals surface area contributed by atoms with Gasteiger partial charge in [-0.15, -0.1) is 11.3 Å². The lowest BCUT2D eigenvalue weighted by molar-refractivity contribution is 0.0603. The third kappa shape index (κ3) is 3.93. The van der Waals surface area contributed by atoms with Gasteiger partial charge in [-0.3, -0.25) is 4.68 Å². The van der Waals surface area contributed by atoms with E-state index in [-0.39, 0.29) is 0 Å². The average molecular weight is 415 g/mol. The number of hydrogen-bond donors (Lipinski definition) is 2. The predicted octanol–water partition coefficient (Wildman–Crippen LogP) is 4.84. The minimum absolute atomic E-state index is 0.393. The van der Waals surface area contributed by atoms with Gasteiger partial charge in [0.15, 0.2) is 5.11 Å². The number of aromatic nitrogens is 2. The van der Waals surface area contributed by atoms with Crippen LogP contribution in [-0.2, 0) is 11.3 Å². The SMILES string of the molecule is CCn1ncc(NC(=S)Nc2sc(C)c(-c3ccccc3)c2C(=O)OC)c1C. The Morgan fingerprint density at radius 2 is 1.96 bits per heavy atom. The summed E-state index contributed by atoms with van der Waals surface area (Å²) < 4.78 is 6.92. The van der Waals surface area contributed by atoms with E-state index in [4.69, 9.17) is 17.0 Å². The molecule has 0 radical (unpaired) electrons. The Balaban J connectivity index is 1.92. The topological polar surface area (TPSA) is 68.2 Å². The Morgan fingerprint density at radius 3 is 2.57 bits per heavy atom. The van der Waals surface area contributed by atoms with Crippen molar-refractivity contribution in [3.63, 3.8) is 0 Å². The summed E-state index contributed by atoms with van der Waals surface area (Å²) in [6, 6.07) is 9.79. The Hall–Kier alpha value is -2.71. The smallest absolute Gasteiger partial charge is 0.341 e. The van der Waals surface area contributed by atoms with Gasteiger partial charge >= 0.3 is 5.97 Å². The number of thiophene rings is 1. The average Bonchev–Trinajstić information content (AvgIpc) is 3.21. The van der Waals surface area contributed by atoms with Crippen LogP contribution < -0.4 is 10.6 Å². The monoisotopic (exact) mass is 414 g/mol. The first-order valence-electron chi connectivity index (χ1n) is 8.83. The molecule has 0 aliphatic rings. The van der Waals surface area contributed by atoms with Crippen LogP contribution in [0.5, 0.6) is 0 Å². The number of thiocarbonyl (C=S) groups is 1. The lowest BCUT2D eigenvalue weighted by Gasteiger charge is -2.11. The van der Waals surface area contributed by atoms with E-state index >= 15 is 0 Å². The maximum Gasteiger partial charge on any atom is 0.341 e. The summed E-state index contributed by atoms with van der Waals surface area (Å²) in [5.41, 5.74) is 4.13. The van der Waals surface area contributed by atoms with Crippen LogP contribution in [0, 0.1) is 13.8 Å². The maximum atomic E-state index is 12.5. The molecular formula is C20H22N4O2S2. The Morgan fingerprint density at radius 1 is 1.25 bits per heavy atom. The lowest BCUT2D eigenvalue weighted by Crippen LogP contribution is -2.20. The van der Waals surface area contributed by atoms with Crippen molar-refractivity contribution >= 4 is 45.3 Å². The molecule has 3 rings (SSSR count). The summed E-state index contributed by atoms with van der Waals surface area (Å²) in [7, 11) is 1.38. The number of nitrogens with one attached hydrogen (secondary N) is 2. The van der Waals surface area contributed by atoms with Crippen molar-refractivity contribution in [1.29, 1.82) is 0 Å². The number of ether oxygens (including phenoxy) is 1. The van der Waals surface area contributed by atoms with Crippen LogP contribution in [0.4, 0.5) is 10.7 Å². The van der Waals surface area contributed by atoms with Crippen LogP contribution in [-0.4, -0.2) is 28.0 Å². The van der Waals surface area contributed by atoms with E-state index in [0.717, 1.165) is 33.9 Å². The molecule has 0 aliphatic heterocycles. The van der Waals surface area contributed by atoms with Crippen molar-refractivity contribution in [2.24, 2.45) is 0 Å². The second-order valence-corrected chi connectivity index (χ2v) is 7.77. The predicted molar refractivity (Wildman–Crippen MR) is 118 cm³/mol. The molecule has 3 aromatic rings. The summed E-state index contributed by atoms with van der Waals surface area (Å²) in [5, 5.41) is 11.7. The van der Waals surface area contributed by atoms with E-state index in [1.165, 1.54) is 18.4 Å². The van der Waals surface area contributed by atoms with Crippen molar-refractivity contribution in [3.05, 3.63) is 52.7 Å². The minimum Gasteiger partial charge on any atom is -0.465 e. The molecule has 0 spiro atoms. The number of esters is 1. The fraction of sp³-hybridized carbons (Fsp3) is 0.250. The second-order valence-electron chi connectivity index (χ2n) is 6.13. The van der Waals surface area contributed by atoms with E-state index in [1.54, 1.807) is 6.20 Å². The van der Waals surface area contributed by atoms with Gasteiger partial charge in [-0.05, 0) is 38.6 Å². The number of carbonyl (C=O) groups is 1. The van der Waals surface area contributed by atoms with E-state index in [2.05, 4.69) is 15.7 Å². The molecule has 0 atom stereocenters. The minimum atomic E-state index is -0.400. The third-order valence-corrected chi connectivity index (χ3v) is 5.64. The number of carbonyl (C=O) groups excluding carboxylic acids is 1. The lowest BCUT2D eigenvalue weighted by atomic mass is 10.0. The largest absolute Gasteiger partial charge is 0.465 e. The molecule has 8 heteroatoms. The molecule has 2 heterocycles. The van der Waals surface area contributed by atoms with Crippen LogP contribution in [0.2, 0.25) is 0 Å². The number of aryl methyl sites for hydroxylation is 2.